The molecule has 0 amide bonds. The third-order valence-electron chi connectivity index (χ3n) is 2.28. The molecule has 1 aromatic rings. The first-order valence-corrected chi connectivity index (χ1v) is 4.87. The van der Waals surface area contributed by atoms with E-state index in [1.165, 1.54) is 0 Å². The van der Waals surface area contributed by atoms with Crippen LogP contribution < -0.4 is 5.73 Å². The van der Waals surface area contributed by atoms with Crippen LogP contribution in [0, 0.1) is 0 Å². The van der Waals surface area contributed by atoms with Crippen LogP contribution in [0.2, 0.25) is 0 Å². The van der Waals surface area contributed by atoms with Crippen molar-refractivity contribution in [2.75, 3.05) is 12.8 Å². The molecule has 0 atom stereocenters. The monoisotopic (exact) mass is 284 g/mol. The van der Waals surface area contributed by atoms with E-state index in [2.05, 4.69) is 9.72 Å². The van der Waals surface area contributed by atoms with Gasteiger partial charge >= 0.3 is 12.1 Å². The Morgan fingerprint density at radius 2 is 2.05 bits per heavy atom. The van der Waals surface area contributed by atoms with Gasteiger partial charge in [-0.1, -0.05) is 0 Å². The number of carbonyl (C=O) groups excluding carboxylic acids is 1. The molecule has 0 aromatic carbocycles. The number of rotatable bonds is 3. The van der Waals surface area contributed by atoms with Gasteiger partial charge in [0, 0.05) is 11.8 Å². The number of esters is 1. The lowest BCUT2D eigenvalue weighted by atomic mass is 10.0. The van der Waals surface area contributed by atoms with E-state index >= 15 is 0 Å². The third-order valence-corrected chi connectivity index (χ3v) is 2.28. The number of nitrogens with two attached hydrogens (primary N) is 1. The maximum atomic E-state index is 12.7. The van der Waals surface area contributed by atoms with Crippen LogP contribution in [0.1, 0.15) is 23.2 Å². The third kappa shape index (κ3) is 3.30. The Balaban J connectivity index is 3.38. The lowest BCUT2D eigenvalue weighted by Gasteiger charge is -2.16. The second-order valence-corrected chi connectivity index (χ2v) is 3.51. The molecule has 0 aliphatic carbocycles. The summed E-state index contributed by atoms with van der Waals surface area (Å²) in [6, 6.07) is 0. The van der Waals surface area contributed by atoms with Crippen LogP contribution in [0.5, 0.6) is 0 Å². The molecule has 2 N–H and O–H groups in total. The summed E-state index contributed by atoms with van der Waals surface area (Å²) in [4.78, 5) is 14.0. The topological polar surface area (TPSA) is 65.2 Å². The first kappa shape index (κ1) is 15.1. The van der Waals surface area contributed by atoms with Crippen molar-refractivity contribution in [1.29, 1.82) is 0 Å². The number of nitrogen functional groups attached to an aromatic ring is 1. The van der Waals surface area contributed by atoms with Crippen LogP contribution in [-0.4, -0.2) is 18.1 Å². The number of halogens is 5. The standard InChI is InChI=1S/C10H9F5N2O2/c1-19-5(18)2-4-3-17-8(9(11)12)6(7(4)16)10(13,14)15/h3,9H,2H2,1H3,(H2,16,17). The Morgan fingerprint density at radius 3 is 2.47 bits per heavy atom. The highest BCUT2D eigenvalue weighted by Gasteiger charge is 2.40. The molecule has 19 heavy (non-hydrogen) atoms. The molecule has 0 aliphatic rings. The Labute approximate surface area is 104 Å². The number of methoxy groups -OCH3 is 1. The maximum Gasteiger partial charge on any atom is 0.420 e. The van der Waals surface area contributed by atoms with E-state index in [-0.39, 0.29) is 5.56 Å². The molecular weight excluding hydrogens is 275 g/mol. The SMILES string of the molecule is COC(=O)Cc1cnc(C(F)F)c(C(F)(F)F)c1N. The first-order chi connectivity index (χ1) is 8.68. The van der Waals surface area contributed by atoms with Crippen molar-refractivity contribution in [3.05, 3.63) is 23.0 Å². The second-order valence-electron chi connectivity index (χ2n) is 3.51. The summed E-state index contributed by atoms with van der Waals surface area (Å²) in [5, 5.41) is 0. The van der Waals surface area contributed by atoms with Crippen molar-refractivity contribution in [3.63, 3.8) is 0 Å². The molecule has 0 radical (unpaired) electrons. The van der Waals surface area contributed by atoms with Gasteiger partial charge in [-0.05, 0) is 0 Å². The number of alkyl halides is 5. The van der Waals surface area contributed by atoms with Crippen LogP contribution in [0.25, 0.3) is 0 Å². The van der Waals surface area contributed by atoms with Crippen molar-refractivity contribution in [3.8, 4) is 0 Å². The minimum atomic E-state index is -5.09. The molecule has 1 rings (SSSR count). The van der Waals surface area contributed by atoms with Gasteiger partial charge in [-0.25, -0.2) is 8.78 Å². The van der Waals surface area contributed by atoms with Crippen molar-refractivity contribution < 1.29 is 31.5 Å². The van der Waals surface area contributed by atoms with Crippen molar-refractivity contribution >= 4 is 11.7 Å². The quantitative estimate of drug-likeness (QED) is 0.683. The Bertz CT molecular complexity index is 488. The maximum absolute atomic E-state index is 12.7. The van der Waals surface area contributed by atoms with Gasteiger partial charge in [-0.15, -0.1) is 0 Å². The fourth-order valence-electron chi connectivity index (χ4n) is 1.41. The lowest BCUT2D eigenvalue weighted by Crippen LogP contribution is -2.18. The van der Waals surface area contributed by atoms with Gasteiger partial charge < -0.3 is 10.5 Å². The molecule has 0 saturated heterocycles. The summed E-state index contributed by atoms with van der Waals surface area (Å²) in [5.74, 6) is -0.855. The molecule has 0 fully saturated rings. The molecule has 0 aliphatic heterocycles. The van der Waals surface area contributed by atoms with E-state index in [1.54, 1.807) is 0 Å². The minimum Gasteiger partial charge on any atom is -0.469 e. The van der Waals surface area contributed by atoms with Crippen LogP contribution in [0.3, 0.4) is 0 Å². The molecule has 106 valence electrons. The van der Waals surface area contributed by atoms with Gasteiger partial charge in [0.05, 0.1) is 19.2 Å². The largest absolute Gasteiger partial charge is 0.469 e. The summed E-state index contributed by atoms with van der Waals surface area (Å²) in [5.41, 5.74) is 0.774. The number of pyridine rings is 1. The van der Waals surface area contributed by atoms with Gasteiger partial charge in [-0.3, -0.25) is 9.78 Å². The van der Waals surface area contributed by atoms with E-state index in [4.69, 9.17) is 5.73 Å². The highest BCUT2D eigenvalue weighted by molar-refractivity contribution is 5.75. The fourth-order valence-corrected chi connectivity index (χ4v) is 1.41. The van der Waals surface area contributed by atoms with Crippen molar-refractivity contribution in [2.45, 2.75) is 19.0 Å². The Kier molecular flexibility index (Phi) is 4.28. The summed E-state index contributed by atoms with van der Waals surface area (Å²) >= 11 is 0. The smallest absolute Gasteiger partial charge is 0.420 e. The fraction of sp³-hybridized carbons (Fsp3) is 0.400. The zero-order chi connectivity index (χ0) is 14.8. The van der Waals surface area contributed by atoms with Crippen LogP contribution in [0.15, 0.2) is 6.20 Å². The van der Waals surface area contributed by atoms with E-state index in [9.17, 15) is 26.7 Å². The molecule has 0 unspecified atom stereocenters. The zero-order valence-electron chi connectivity index (χ0n) is 9.59. The number of hydrogen-bond acceptors (Lipinski definition) is 4. The van der Waals surface area contributed by atoms with Crippen LogP contribution in [0.4, 0.5) is 27.6 Å². The summed E-state index contributed by atoms with van der Waals surface area (Å²) in [6.45, 7) is 0. The van der Waals surface area contributed by atoms with Gasteiger partial charge in [0.1, 0.15) is 11.3 Å². The molecule has 9 heteroatoms. The van der Waals surface area contributed by atoms with Crippen LogP contribution >= 0.6 is 0 Å². The molecule has 4 nitrogen and oxygen atoms in total. The average molecular weight is 284 g/mol. The van der Waals surface area contributed by atoms with E-state index in [1.807, 2.05) is 0 Å². The zero-order valence-corrected chi connectivity index (χ0v) is 9.59. The predicted molar refractivity (Wildman–Crippen MR) is 54.3 cm³/mol. The molecule has 1 aromatic heterocycles. The number of nitrogens with zero attached hydrogens (tertiary/aromatic N) is 1. The molecule has 0 saturated carbocycles. The minimum absolute atomic E-state index is 0.316. The number of ether oxygens (including phenoxy) is 1. The average Bonchev–Trinajstić information content (AvgIpc) is 2.29. The predicted octanol–water partition coefficient (Wildman–Crippen LogP) is 2.34. The second kappa shape index (κ2) is 5.37. The number of carbonyl (C=O) groups is 1. The molecular formula is C10H9F5N2O2. The molecule has 0 spiro atoms. The number of hydrogen-bond donors (Lipinski definition) is 1. The summed E-state index contributed by atoms with van der Waals surface area (Å²) < 4.78 is 67.3. The number of aromatic nitrogens is 1. The van der Waals surface area contributed by atoms with Crippen molar-refractivity contribution in [1.82, 2.24) is 4.98 Å². The van der Waals surface area contributed by atoms with Crippen LogP contribution in [-0.2, 0) is 22.1 Å². The normalized spacial score (nSPS) is 11.7. The lowest BCUT2D eigenvalue weighted by molar-refractivity contribution is -0.141. The highest BCUT2D eigenvalue weighted by Crippen LogP contribution is 2.40. The van der Waals surface area contributed by atoms with Gasteiger partial charge in [0.15, 0.2) is 0 Å². The molecule has 0 bridgehead atoms. The highest BCUT2D eigenvalue weighted by atomic mass is 19.4. The van der Waals surface area contributed by atoms with E-state index < -0.39 is 41.9 Å². The Morgan fingerprint density at radius 1 is 1.47 bits per heavy atom. The first-order valence-electron chi connectivity index (χ1n) is 4.87. The summed E-state index contributed by atoms with van der Waals surface area (Å²) in [6.07, 6.45) is -8.38. The van der Waals surface area contributed by atoms with E-state index in [0.717, 1.165) is 7.11 Å². The number of anilines is 1. The molecule has 1 heterocycles. The van der Waals surface area contributed by atoms with E-state index in [0.29, 0.717) is 6.20 Å². The van der Waals surface area contributed by atoms with Gasteiger partial charge in [-0.2, -0.15) is 13.2 Å². The Hall–Kier alpha value is -1.93. The van der Waals surface area contributed by atoms with Gasteiger partial charge in [0.2, 0.25) is 0 Å². The van der Waals surface area contributed by atoms with Crippen molar-refractivity contribution in [2.24, 2.45) is 0 Å². The summed E-state index contributed by atoms with van der Waals surface area (Å²) in [7, 11) is 1.03. The van der Waals surface area contributed by atoms with Gasteiger partial charge in [0.25, 0.3) is 6.43 Å².